The summed E-state index contributed by atoms with van der Waals surface area (Å²) < 4.78 is 12.0. The van der Waals surface area contributed by atoms with E-state index in [4.69, 9.17) is 15.2 Å². The van der Waals surface area contributed by atoms with Gasteiger partial charge in [-0.2, -0.15) is 10.2 Å². The van der Waals surface area contributed by atoms with Gasteiger partial charge in [0, 0.05) is 25.5 Å². The van der Waals surface area contributed by atoms with E-state index in [2.05, 4.69) is 26.3 Å². The number of rotatable bonds is 11. The van der Waals surface area contributed by atoms with Gasteiger partial charge in [0.1, 0.15) is 30.1 Å². The molecule has 0 aliphatic carbocycles. The van der Waals surface area contributed by atoms with Crippen LogP contribution in [0.1, 0.15) is 21.7 Å². The van der Waals surface area contributed by atoms with E-state index < -0.39 is 6.09 Å². The van der Waals surface area contributed by atoms with Gasteiger partial charge >= 0.3 is 12.1 Å². The zero-order valence-electron chi connectivity index (χ0n) is 23.4. The zero-order chi connectivity index (χ0) is 30.0. The van der Waals surface area contributed by atoms with Crippen LogP contribution in [-0.2, 0) is 17.9 Å². The second-order valence-corrected chi connectivity index (χ2v) is 10.6. The molecule has 0 saturated carbocycles. The number of benzene rings is 3. The first-order chi connectivity index (χ1) is 21.0. The molecule has 5 aromatic rings. The van der Waals surface area contributed by atoms with E-state index in [0.717, 1.165) is 32.6 Å². The van der Waals surface area contributed by atoms with E-state index in [1.165, 1.54) is 11.3 Å². The van der Waals surface area contributed by atoms with Crippen LogP contribution in [0.3, 0.4) is 0 Å². The van der Waals surface area contributed by atoms with E-state index in [1.54, 1.807) is 12.3 Å². The molecular formula is C32H29N7O3S. The molecule has 3 N–H and O–H groups in total. The molecule has 0 bridgehead atoms. The lowest BCUT2D eigenvalue weighted by Gasteiger charge is -2.19. The van der Waals surface area contributed by atoms with E-state index in [-0.39, 0.29) is 12.6 Å². The Kier molecular flexibility index (Phi) is 9.41. The number of carbonyl (C=O) groups excluding carboxylic acids is 1. The predicted octanol–water partition coefficient (Wildman–Crippen LogP) is 5.67. The molecule has 43 heavy (non-hydrogen) atoms. The lowest BCUT2D eigenvalue weighted by Crippen LogP contribution is -2.28. The molecule has 11 heteroatoms. The number of likely N-dealkylation sites (N-methyl/N-ethyl adjacent to an activating group) is 1. The number of hydrogen-bond acceptors (Lipinski definition) is 10. The lowest BCUT2D eigenvalue weighted by atomic mass is 10.1. The van der Waals surface area contributed by atoms with Crippen LogP contribution in [0.5, 0.6) is 6.01 Å². The zero-order valence-corrected chi connectivity index (χ0v) is 24.3. The number of aromatic nitrogens is 3. The molecule has 3 aromatic carbocycles. The van der Waals surface area contributed by atoms with E-state index in [9.17, 15) is 10.1 Å². The number of nitrogen functional groups attached to an aromatic ring is 1. The SMILES string of the molecule is CN(CCOC(=O)NCc1ccc(COc2nccc(N)n2)cc1)c1ccc(/C=C(\C#N)c2nc3ccccc3s2)cc1. The first kappa shape index (κ1) is 29.0. The summed E-state index contributed by atoms with van der Waals surface area (Å²) in [6.07, 6.45) is 2.89. The Morgan fingerprint density at radius 3 is 2.56 bits per heavy atom. The summed E-state index contributed by atoms with van der Waals surface area (Å²) >= 11 is 1.50. The topological polar surface area (TPSA) is 139 Å². The number of fused-ring (bicyclic) bond motifs is 1. The van der Waals surface area contributed by atoms with Crippen LogP contribution in [-0.4, -0.2) is 41.2 Å². The number of nitrogens with zero attached hydrogens (tertiary/aromatic N) is 5. The lowest BCUT2D eigenvalue weighted by molar-refractivity contribution is 0.148. The van der Waals surface area contributed by atoms with Crippen LogP contribution < -0.4 is 20.7 Å². The Bertz CT molecular complexity index is 1730. The van der Waals surface area contributed by atoms with Gasteiger partial charge in [-0.3, -0.25) is 0 Å². The van der Waals surface area contributed by atoms with Crippen molar-refractivity contribution < 1.29 is 14.3 Å². The van der Waals surface area contributed by atoms with Crippen LogP contribution in [0.4, 0.5) is 16.3 Å². The number of allylic oxidation sites excluding steroid dienone is 1. The number of nitrogens with one attached hydrogen (secondary N) is 1. The normalized spacial score (nSPS) is 11.1. The highest BCUT2D eigenvalue weighted by Gasteiger charge is 2.10. The number of ether oxygens (including phenoxy) is 2. The maximum absolute atomic E-state index is 12.2. The molecule has 0 aliphatic rings. The minimum absolute atomic E-state index is 0.221. The van der Waals surface area contributed by atoms with Crippen LogP contribution >= 0.6 is 11.3 Å². The summed E-state index contributed by atoms with van der Waals surface area (Å²) in [5.74, 6) is 0.348. The third kappa shape index (κ3) is 8.06. The minimum Gasteiger partial charge on any atom is -0.459 e. The van der Waals surface area contributed by atoms with Crippen LogP contribution in [0, 0.1) is 11.3 Å². The van der Waals surface area contributed by atoms with Gasteiger partial charge in [0.2, 0.25) is 0 Å². The average molecular weight is 592 g/mol. The molecule has 5 rings (SSSR count). The van der Waals surface area contributed by atoms with Gasteiger partial charge in [-0.15, -0.1) is 11.3 Å². The molecule has 0 fully saturated rings. The summed E-state index contributed by atoms with van der Waals surface area (Å²) in [4.78, 5) is 26.8. The Balaban J connectivity index is 1.04. The maximum atomic E-state index is 12.2. The first-order valence-corrected chi connectivity index (χ1v) is 14.3. The molecule has 216 valence electrons. The summed E-state index contributed by atoms with van der Waals surface area (Å²) in [6.45, 7) is 1.38. The van der Waals surface area contributed by atoms with Crippen molar-refractivity contribution in [3.8, 4) is 12.1 Å². The van der Waals surface area contributed by atoms with Gasteiger partial charge in [-0.1, -0.05) is 48.5 Å². The van der Waals surface area contributed by atoms with Gasteiger partial charge in [0.05, 0.1) is 22.3 Å². The quantitative estimate of drug-likeness (QED) is 0.186. The van der Waals surface area contributed by atoms with Crippen molar-refractivity contribution in [2.45, 2.75) is 13.2 Å². The standard InChI is InChI=1S/C32H29N7O3S/c1-39(26-12-10-22(11-13-26)18-25(19-33)30-37-27-4-2-3-5-28(27)43-30)16-17-41-32(40)36-20-23-6-8-24(9-7-23)21-42-31-35-15-14-29(34)38-31/h2-15,18H,16-17,20-21H2,1H3,(H,36,40)(H2,34,35,38)/b25-18+. The second-order valence-electron chi connectivity index (χ2n) is 9.53. The summed E-state index contributed by atoms with van der Waals surface area (Å²) in [6, 6.07) is 27.4. The first-order valence-electron chi connectivity index (χ1n) is 13.5. The van der Waals surface area contributed by atoms with Crippen LogP contribution in [0.2, 0.25) is 0 Å². The van der Waals surface area contributed by atoms with E-state index >= 15 is 0 Å². The maximum Gasteiger partial charge on any atom is 0.407 e. The van der Waals surface area contributed by atoms with Crippen molar-refractivity contribution in [1.29, 1.82) is 5.26 Å². The van der Waals surface area contributed by atoms with Gasteiger partial charge in [-0.05, 0) is 53.1 Å². The molecular weight excluding hydrogens is 562 g/mol. The van der Waals surface area contributed by atoms with Crippen molar-refractivity contribution in [3.63, 3.8) is 0 Å². The summed E-state index contributed by atoms with van der Waals surface area (Å²) in [7, 11) is 1.93. The van der Waals surface area contributed by atoms with E-state index in [0.29, 0.717) is 36.1 Å². The number of para-hydroxylation sites is 1. The summed E-state index contributed by atoms with van der Waals surface area (Å²) in [5.41, 5.74) is 10.8. The molecule has 10 nitrogen and oxygen atoms in total. The molecule has 0 saturated heterocycles. The summed E-state index contributed by atoms with van der Waals surface area (Å²) in [5, 5.41) is 13.2. The molecule has 1 amide bonds. The Morgan fingerprint density at radius 2 is 1.81 bits per heavy atom. The van der Waals surface area contributed by atoms with Gasteiger partial charge in [0.15, 0.2) is 0 Å². The average Bonchev–Trinajstić information content (AvgIpc) is 3.47. The smallest absolute Gasteiger partial charge is 0.407 e. The number of nitriles is 1. The van der Waals surface area contributed by atoms with E-state index in [1.807, 2.05) is 90.8 Å². The number of alkyl carbamates (subject to hydrolysis) is 1. The third-order valence-electron chi connectivity index (χ3n) is 6.43. The molecule has 2 aromatic heterocycles. The van der Waals surface area contributed by atoms with Crippen molar-refractivity contribution >= 4 is 50.8 Å². The number of nitrogens with two attached hydrogens (primary N) is 1. The minimum atomic E-state index is -0.487. The number of thiazole rings is 1. The van der Waals surface area contributed by atoms with Crippen molar-refractivity contribution in [2.24, 2.45) is 0 Å². The molecule has 0 atom stereocenters. The Hall–Kier alpha value is -5.47. The largest absolute Gasteiger partial charge is 0.459 e. The highest BCUT2D eigenvalue weighted by Crippen LogP contribution is 2.28. The molecule has 0 radical (unpaired) electrons. The molecule has 2 heterocycles. The third-order valence-corrected chi connectivity index (χ3v) is 7.50. The molecule has 0 aliphatic heterocycles. The Morgan fingerprint density at radius 1 is 1.05 bits per heavy atom. The van der Waals surface area contributed by atoms with Crippen molar-refractivity contribution in [2.75, 3.05) is 30.8 Å². The Labute approximate surface area is 253 Å². The van der Waals surface area contributed by atoms with Crippen LogP contribution in [0.25, 0.3) is 21.9 Å². The van der Waals surface area contributed by atoms with Crippen molar-refractivity contribution in [1.82, 2.24) is 20.3 Å². The van der Waals surface area contributed by atoms with Gasteiger partial charge in [-0.25, -0.2) is 14.8 Å². The molecule has 0 unspecified atom stereocenters. The van der Waals surface area contributed by atoms with Gasteiger partial charge < -0.3 is 25.4 Å². The predicted molar refractivity (Wildman–Crippen MR) is 168 cm³/mol. The number of carbonyl (C=O) groups is 1. The molecule has 0 spiro atoms. The number of hydrogen-bond donors (Lipinski definition) is 2. The number of amides is 1. The highest BCUT2D eigenvalue weighted by molar-refractivity contribution is 7.19. The van der Waals surface area contributed by atoms with Crippen molar-refractivity contribution in [3.05, 3.63) is 107 Å². The highest BCUT2D eigenvalue weighted by atomic mass is 32.1. The fourth-order valence-electron chi connectivity index (χ4n) is 4.08. The van der Waals surface area contributed by atoms with Gasteiger partial charge in [0.25, 0.3) is 0 Å². The second kappa shape index (κ2) is 13.9. The number of anilines is 2. The fourth-order valence-corrected chi connectivity index (χ4v) is 5.01. The fraction of sp³-hybridized carbons (Fsp3) is 0.156. The monoisotopic (exact) mass is 591 g/mol. The van der Waals surface area contributed by atoms with Crippen LogP contribution in [0.15, 0.2) is 85.1 Å².